The molecule has 6 nitrogen and oxygen atoms in total. The Hall–Kier alpha value is -2.57. The highest BCUT2D eigenvalue weighted by atomic mass is 19.1. The van der Waals surface area contributed by atoms with E-state index in [9.17, 15) is 9.18 Å². The molecule has 7 heteroatoms. The number of hydrogen-bond acceptors (Lipinski definition) is 2. The molecule has 0 aliphatic heterocycles. The summed E-state index contributed by atoms with van der Waals surface area (Å²) in [7, 11) is 1.87. The zero-order chi connectivity index (χ0) is 19.8. The van der Waals surface area contributed by atoms with Crippen LogP contribution in [-0.2, 0) is 11.2 Å². The first-order chi connectivity index (χ1) is 13.0. The predicted octanol–water partition coefficient (Wildman–Crippen LogP) is 2.62. The Labute approximate surface area is 160 Å². The van der Waals surface area contributed by atoms with Crippen LogP contribution in [0, 0.1) is 5.82 Å². The van der Waals surface area contributed by atoms with Gasteiger partial charge in [-0.1, -0.05) is 0 Å². The van der Waals surface area contributed by atoms with E-state index in [-0.39, 0.29) is 18.3 Å². The average molecular weight is 375 g/mol. The van der Waals surface area contributed by atoms with Crippen molar-refractivity contribution in [3.05, 3.63) is 35.8 Å². The molecule has 0 unspecified atom stereocenters. The summed E-state index contributed by atoms with van der Waals surface area (Å²) in [6.07, 6.45) is 2.59. The van der Waals surface area contributed by atoms with Crippen LogP contribution in [0.25, 0.3) is 10.9 Å². The number of amides is 1. The average Bonchev–Trinajstić information content (AvgIpc) is 3.04. The molecule has 0 aliphatic rings. The number of fused-ring (bicyclic) bond motifs is 1. The van der Waals surface area contributed by atoms with E-state index < -0.39 is 0 Å². The number of rotatable bonds is 8. The lowest BCUT2D eigenvalue weighted by Crippen LogP contribution is -2.45. The minimum atomic E-state index is -0.241. The van der Waals surface area contributed by atoms with Crippen LogP contribution in [0.1, 0.15) is 26.3 Å². The van der Waals surface area contributed by atoms with E-state index in [4.69, 9.17) is 0 Å². The van der Waals surface area contributed by atoms with Gasteiger partial charge in [0.1, 0.15) is 5.82 Å². The molecule has 2 aromatic rings. The largest absolute Gasteiger partial charge is 0.361 e. The number of halogens is 1. The van der Waals surface area contributed by atoms with Crippen molar-refractivity contribution in [3.63, 3.8) is 0 Å². The first-order valence-corrected chi connectivity index (χ1v) is 9.52. The molecule has 2 N–H and O–H groups in total. The predicted molar refractivity (Wildman–Crippen MR) is 108 cm³/mol. The highest BCUT2D eigenvalue weighted by Crippen LogP contribution is 2.19. The number of aromatic nitrogens is 1. The molecular weight excluding hydrogens is 345 g/mol. The van der Waals surface area contributed by atoms with Crippen molar-refractivity contribution >= 4 is 22.8 Å². The van der Waals surface area contributed by atoms with Gasteiger partial charge in [-0.3, -0.25) is 9.79 Å². The first kappa shape index (κ1) is 20.7. The molecule has 0 bridgehead atoms. The quantitative estimate of drug-likeness (QED) is 0.551. The number of hydrogen-bond donors (Lipinski definition) is 2. The summed E-state index contributed by atoms with van der Waals surface area (Å²) in [4.78, 5) is 23.8. The topological polar surface area (TPSA) is 63.7 Å². The number of nitrogens with one attached hydrogen (secondary N) is 2. The van der Waals surface area contributed by atoms with E-state index in [0.717, 1.165) is 23.0 Å². The monoisotopic (exact) mass is 375 g/mol. The smallest absolute Gasteiger partial charge is 0.242 e. The van der Waals surface area contributed by atoms with Crippen LogP contribution >= 0.6 is 0 Å². The van der Waals surface area contributed by atoms with E-state index in [1.54, 1.807) is 17.0 Å². The number of aromatic amines is 1. The third-order valence-corrected chi connectivity index (χ3v) is 4.56. The number of carbonyl (C=O) groups is 1. The van der Waals surface area contributed by atoms with E-state index >= 15 is 0 Å². The molecule has 1 heterocycles. The van der Waals surface area contributed by atoms with Gasteiger partial charge in [-0.05, 0) is 51.0 Å². The van der Waals surface area contributed by atoms with Gasteiger partial charge in [-0.15, -0.1) is 0 Å². The third-order valence-electron chi connectivity index (χ3n) is 4.56. The molecule has 0 saturated heterocycles. The van der Waals surface area contributed by atoms with Crippen LogP contribution in [0.15, 0.2) is 29.4 Å². The first-order valence-electron chi connectivity index (χ1n) is 9.52. The van der Waals surface area contributed by atoms with Crippen molar-refractivity contribution in [3.8, 4) is 0 Å². The minimum absolute atomic E-state index is 0.0835. The van der Waals surface area contributed by atoms with E-state index in [1.807, 2.05) is 38.9 Å². The summed E-state index contributed by atoms with van der Waals surface area (Å²) in [6, 6.07) is 4.74. The number of benzene rings is 1. The SMILES string of the molecule is CCNC(=NCCc1c[nH]c2ccc(F)cc12)N(C)CC(=O)N(CC)CC. The molecule has 0 aliphatic carbocycles. The van der Waals surface area contributed by atoms with Gasteiger partial charge < -0.3 is 20.1 Å². The standard InChI is InChI=1S/C20H30FN5O/c1-5-22-20(25(4)14-19(27)26(6-2)7-3)23-11-10-15-13-24-18-9-8-16(21)12-17(15)18/h8-9,12-13,24H,5-7,10-11,14H2,1-4H3,(H,22,23). The molecule has 0 atom stereocenters. The molecule has 148 valence electrons. The van der Waals surface area contributed by atoms with Crippen LogP contribution in [0.4, 0.5) is 4.39 Å². The fourth-order valence-electron chi connectivity index (χ4n) is 3.06. The third kappa shape index (κ3) is 5.45. The molecule has 0 spiro atoms. The van der Waals surface area contributed by atoms with E-state index in [1.165, 1.54) is 6.07 Å². The maximum absolute atomic E-state index is 13.5. The fraction of sp³-hybridized carbons (Fsp3) is 0.500. The van der Waals surface area contributed by atoms with Crippen LogP contribution in [0.5, 0.6) is 0 Å². The molecule has 1 aromatic carbocycles. The van der Waals surface area contributed by atoms with Crippen LogP contribution in [-0.4, -0.2) is 66.4 Å². The molecule has 0 saturated carbocycles. The van der Waals surface area contributed by atoms with Gasteiger partial charge in [-0.25, -0.2) is 4.39 Å². The Morgan fingerprint density at radius 1 is 1.26 bits per heavy atom. The second-order valence-corrected chi connectivity index (χ2v) is 6.41. The van der Waals surface area contributed by atoms with Gasteiger partial charge in [0.25, 0.3) is 0 Å². The molecule has 1 amide bonds. The normalized spacial score (nSPS) is 11.7. The van der Waals surface area contributed by atoms with Crippen LogP contribution in [0.2, 0.25) is 0 Å². The summed E-state index contributed by atoms with van der Waals surface area (Å²) >= 11 is 0. The molecule has 1 aromatic heterocycles. The van der Waals surface area contributed by atoms with Crippen molar-refractivity contribution in [2.45, 2.75) is 27.2 Å². The number of carbonyl (C=O) groups excluding carboxylic acids is 1. The number of guanidine groups is 1. The summed E-state index contributed by atoms with van der Waals surface area (Å²) in [5.74, 6) is 0.541. The summed E-state index contributed by atoms with van der Waals surface area (Å²) < 4.78 is 13.5. The summed E-state index contributed by atoms with van der Waals surface area (Å²) in [5, 5.41) is 4.12. The maximum atomic E-state index is 13.5. The van der Waals surface area contributed by atoms with Crippen molar-refractivity contribution < 1.29 is 9.18 Å². The lowest BCUT2D eigenvalue weighted by molar-refractivity contribution is -0.131. The molecule has 2 rings (SSSR count). The highest BCUT2D eigenvalue weighted by Gasteiger charge is 2.15. The van der Waals surface area contributed by atoms with Crippen LogP contribution < -0.4 is 5.32 Å². The zero-order valence-electron chi connectivity index (χ0n) is 16.7. The summed E-state index contributed by atoms with van der Waals surface area (Å²) in [6.45, 7) is 8.91. The van der Waals surface area contributed by atoms with Gasteiger partial charge in [0, 0.05) is 50.3 Å². The molecular formula is C20H30FN5O. The van der Waals surface area contributed by atoms with Crippen molar-refractivity contribution in [2.24, 2.45) is 4.99 Å². The number of nitrogens with zero attached hydrogens (tertiary/aromatic N) is 3. The van der Waals surface area contributed by atoms with Gasteiger partial charge in [-0.2, -0.15) is 0 Å². The second kappa shape index (κ2) is 9.94. The second-order valence-electron chi connectivity index (χ2n) is 6.41. The highest BCUT2D eigenvalue weighted by molar-refractivity contribution is 5.86. The Bertz CT molecular complexity index is 782. The lowest BCUT2D eigenvalue weighted by Gasteiger charge is -2.25. The van der Waals surface area contributed by atoms with Crippen molar-refractivity contribution in [1.82, 2.24) is 20.1 Å². The van der Waals surface area contributed by atoms with Crippen molar-refractivity contribution in [2.75, 3.05) is 39.8 Å². The zero-order valence-corrected chi connectivity index (χ0v) is 16.7. The van der Waals surface area contributed by atoms with Gasteiger partial charge in [0.05, 0.1) is 6.54 Å². The van der Waals surface area contributed by atoms with Crippen molar-refractivity contribution in [1.29, 1.82) is 0 Å². The Morgan fingerprint density at radius 2 is 2.00 bits per heavy atom. The molecule has 0 radical (unpaired) electrons. The Balaban J connectivity index is 2.03. The Kier molecular flexibility index (Phi) is 7.64. The number of H-pyrrole nitrogens is 1. The van der Waals surface area contributed by atoms with Gasteiger partial charge in [0.2, 0.25) is 5.91 Å². The fourth-order valence-corrected chi connectivity index (χ4v) is 3.06. The summed E-state index contributed by atoms with van der Waals surface area (Å²) in [5.41, 5.74) is 1.95. The number of likely N-dealkylation sites (N-methyl/N-ethyl adjacent to an activating group) is 2. The molecule has 0 fully saturated rings. The maximum Gasteiger partial charge on any atom is 0.242 e. The van der Waals surface area contributed by atoms with Gasteiger partial charge in [0.15, 0.2) is 5.96 Å². The van der Waals surface area contributed by atoms with E-state index in [2.05, 4.69) is 15.3 Å². The molecule has 27 heavy (non-hydrogen) atoms. The van der Waals surface area contributed by atoms with Crippen LogP contribution in [0.3, 0.4) is 0 Å². The van der Waals surface area contributed by atoms with Gasteiger partial charge >= 0.3 is 0 Å². The number of aliphatic imine (C=N–C) groups is 1. The lowest BCUT2D eigenvalue weighted by atomic mass is 10.1. The Morgan fingerprint density at radius 3 is 2.67 bits per heavy atom. The van der Waals surface area contributed by atoms with E-state index in [0.29, 0.717) is 32.0 Å². The minimum Gasteiger partial charge on any atom is -0.361 e.